The van der Waals surface area contributed by atoms with Gasteiger partial charge in [0.05, 0.1) is 12.1 Å². The summed E-state index contributed by atoms with van der Waals surface area (Å²) in [4.78, 5) is 24.9. The monoisotopic (exact) mass is 489 g/mol. The summed E-state index contributed by atoms with van der Waals surface area (Å²) >= 11 is 6.39. The quantitative estimate of drug-likeness (QED) is 0.320. The fourth-order valence-corrected chi connectivity index (χ4v) is 3.55. The first-order valence-electron chi connectivity index (χ1n) is 10.7. The molecule has 3 aromatic rings. The predicted molar refractivity (Wildman–Crippen MR) is 137 cm³/mol. The molecule has 3 aromatic carbocycles. The summed E-state index contributed by atoms with van der Waals surface area (Å²) in [6, 6.07) is 19.5. The molecule has 35 heavy (non-hydrogen) atoms. The van der Waals surface area contributed by atoms with Crippen molar-refractivity contribution in [2.45, 2.75) is 13.8 Å². The summed E-state index contributed by atoms with van der Waals surface area (Å²) in [5.74, 6) is -0.487. The fourth-order valence-electron chi connectivity index (χ4n) is 3.28. The number of carbonyl (C=O) groups is 2. The molecule has 0 aliphatic heterocycles. The van der Waals surface area contributed by atoms with Gasteiger partial charge in [-0.3, -0.25) is 9.59 Å². The first kappa shape index (κ1) is 25.3. The van der Waals surface area contributed by atoms with Crippen LogP contribution in [0.1, 0.15) is 16.7 Å². The second kappa shape index (κ2) is 11.7. The van der Waals surface area contributed by atoms with E-state index in [-0.39, 0.29) is 34.6 Å². The zero-order chi connectivity index (χ0) is 25.4. The minimum Gasteiger partial charge on any atom is -0.493 e. The van der Waals surface area contributed by atoms with Crippen molar-refractivity contribution in [1.29, 1.82) is 5.26 Å². The molecule has 0 aromatic heterocycles. The van der Waals surface area contributed by atoms with Crippen LogP contribution < -0.4 is 20.1 Å². The molecule has 2 amide bonds. The van der Waals surface area contributed by atoms with Gasteiger partial charge in [0, 0.05) is 11.4 Å². The normalized spacial score (nSPS) is 10.8. The van der Waals surface area contributed by atoms with Crippen molar-refractivity contribution in [3.63, 3.8) is 0 Å². The Morgan fingerprint density at radius 2 is 1.80 bits per heavy atom. The van der Waals surface area contributed by atoms with Crippen molar-refractivity contribution in [2.24, 2.45) is 0 Å². The van der Waals surface area contributed by atoms with Crippen molar-refractivity contribution in [2.75, 3.05) is 24.4 Å². The number of benzene rings is 3. The van der Waals surface area contributed by atoms with Crippen molar-refractivity contribution >= 4 is 40.9 Å². The van der Waals surface area contributed by atoms with Gasteiger partial charge in [0.1, 0.15) is 11.6 Å². The molecule has 0 fully saturated rings. The molecule has 8 heteroatoms. The zero-order valence-corrected chi connectivity index (χ0v) is 20.3. The van der Waals surface area contributed by atoms with E-state index >= 15 is 0 Å². The molecule has 2 N–H and O–H groups in total. The van der Waals surface area contributed by atoms with Crippen LogP contribution in [0.3, 0.4) is 0 Å². The number of para-hydroxylation sites is 1. The molecular formula is C27H24ClN3O4. The van der Waals surface area contributed by atoms with E-state index in [9.17, 15) is 14.9 Å². The molecule has 3 rings (SSSR count). The molecule has 0 aliphatic rings. The minimum atomic E-state index is -0.558. The molecule has 0 saturated carbocycles. The number of rotatable bonds is 8. The van der Waals surface area contributed by atoms with Gasteiger partial charge in [0.2, 0.25) is 0 Å². The lowest BCUT2D eigenvalue weighted by Crippen LogP contribution is -2.21. The lowest BCUT2D eigenvalue weighted by atomic mass is 10.1. The van der Waals surface area contributed by atoms with E-state index in [1.807, 2.05) is 44.2 Å². The maximum Gasteiger partial charge on any atom is 0.266 e. The van der Waals surface area contributed by atoms with Gasteiger partial charge in [0.25, 0.3) is 11.8 Å². The standard InChI is InChI=1S/C27H24ClN3O4/c1-17-9-10-23(18(2)11-17)31-25(32)16-35-26-22(28)13-19(14-24(26)34-3)12-20(15-29)27(33)30-21-7-5-4-6-8-21/h4-14H,16H2,1-3H3,(H,30,33)(H,31,32)/b20-12+. The molecule has 0 radical (unpaired) electrons. The maximum atomic E-state index is 12.5. The molecular weight excluding hydrogens is 466 g/mol. The summed E-state index contributed by atoms with van der Waals surface area (Å²) in [6.45, 7) is 3.59. The molecule has 0 heterocycles. The number of hydrogen-bond acceptors (Lipinski definition) is 5. The molecule has 0 saturated heterocycles. The summed E-state index contributed by atoms with van der Waals surface area (Å²) < 4.78 is 11.0. The largest absolute Gasteiger partial charge is 0.493 e. The Balaban J connectivity index is 1.74. The summed E-state index contributed by atoms with van der Waals surface area (Å²) in [7, 11) is 1.43. The third kappa shape index (κ3) is 6.85. The van der Waals surface area contributed by atoms with Crippen LogP contribution in [0.2, 0.25) is 5.02 Å². The van der Waals surface area contributed by atoms with E-state index in [1.54, 1.807) is 30.3 Å². The lowest BCUT2D eigenvalue weighted by molar-refractivity contribution is -0.118. The SMILES string of the molecule is COc1cc(/C=C(\C#N)C(=O)Nc2ccccc2)cc(Cl)c1OCC(=O)Nc1ccc(C)cc1C. The van der Waals surface area contributed by atoms with E-state index in [4.69, 9.17) is 21.1 Å². The van der Waals surface area contributed by atoms with E-state index < -0.39 is 5.91 Å². The zero-order valence-electron chi connectivity index (χ0n) is 19.5. The Hall–Kier alpha value is -4.28. The Morgan fingerprint density at radius 1 is 1.06 bits per heavy atom. The van der Waals surface area contributed by atoms with Gasteiger partial charge in [-0.05, 0) is 61.4 Å². The second-order valence-corrected chi connectivity index (χ2v) is 8.09. The third-order valence-corrected chi connectivity index (χ3v) is 5.24. The molecule has 0 bridgehead atoms. The van der Waals surface area contributed by atoms with Crippen LogP contribution >= 0.6 is 11.6 Å². The number of methoxy groups -OCH3 is 1. The van der Waals surface area contributed by atoms with Crippen LogP contribution in [0.25, 0.3) is 6.08 Å². The summed E-state index contributed by atoms with van der Waals surface area (Å²) in [5.41, 5.74) is 3.64. The highest BCUT2D eigenvalue weighted by atomic mass is 35.5. The molecule has 178 valence electrons. The number of nitriles is 1. The number of ether oxygens (including phenoxy) is 2. The Bertz CT molecular complexity index is 1310. The van der Waals surface area contributed by atoms with Crippen molar-refractivity contribution < 1.29 is 19.1 Å². The molecule has 0 atom stereocenters. The number of hydrogen-bond donors (Lipinski definition) is 2. The van der Waals surface area contributed by atoms with Crippen molar-refractivity contribution in [3.05, 3.63) is 87.9 Å². The minimum absolute atomic E-state index is 0.117. The topological polar surface area (TPSA) is 100 Å². The van der Waals surface area contributed by atoms with Gasteiger partial charge in [-0.2, -0.15) is 5.26 Å². The first-order valence-corrected chi connectivity index (χ1v) is 11.0. The number of amides is 2. The third-order valence-electron chi connectivity index (χ3n) is 4.96. The molecule has 0 spiro atoms. The van der Waals surface area contributed by atoms with Crippen LogP contribution in [-0.4, -0.2) is 25.5 Å². The van der Waals surface area contributed by atoms with Gasteiger partial charge < -0.3 is 20.1 Å². The van der Waals surface area contributed by atoms with Crippen molar-refractivity contribution in [1.82, 2.24) is 0 Å². The molecule has 0 aliphatic carbocycles. The van der Waals surface area contributed by atoms with Crippen LogP contribution in [0.4, 0.5) is 11.4 Å². The number of anilines is 2. The van der Waals surface area contributed by atoms with Gasteiger partial charge >= 0.3 is 0 Å². The van der Waals surface area contributed by atoms with E-state index in [2.05, 4.69) is 10.6 Å². The van der Waals surface area contributed by atoms with Crippen LogP contribution in [0, 0.1) is 25.2 Å². The van der Waals surface area contributed by atoms with Gasteiger partial charge in [-0.25, -0.2) is 0 Å². The Kier molecular flexibility index (Phi) is 8.49. The highest BCUT2D eigenvalue weighted by Gasteiger charge is 2.16. The first-order chi connectivity index (χ1) is 16.8. The fraction of sp³-hybridized carbons (Fsp3) is 0.148. The Labute approximate surface area is 208 Å². The van der Waals surface area contributed by atoms with Gasteiger partial charge in [-0.15, -0.1) is 0 Å². The molecule has 0 unspecified atom stereocenters. The van der Waals surface area contributed by atoms with Gasteiger partial charge in [0.15, 0.2) is 18.1 Å². The van der Waals surface area contributed by atoms with E-state index in [0.29, 0.717) is 16.9 Å². The van der Waals surface area contributed by atoms with Gasteiger partial charge in [-0.1, -0.05) is 47.5 Å². The average molecular weight is 490 g/mol. The lowest BCUT2D eigenvalue weighted by Gasteiger charge is -2.14. The predicted octanol–water partition coefficient (Wildman–Crippen LogP) is 5.53. The van der Waals surface area contributed by atoms with E-state index in [1.165, 1.54) is 19.3 Å². The number of aryl methyl sites for hydroxylation is 2. The van der Waals surface area contributed by atoms with Crippen LogP contribution in [0.5, 0.6) is 11.5 Å². The van der Waals surface area contributed by atoms with Crippen LogP contribution in [0.15, 0.2) is 66.2 Å². The smallest absolute Gasteiger partial charge is 0.266 e. The number of halogens is 1. The number of nitrogens with zero attached hydrogens (tertiary/aromatic N) is 1. The summed E-state index contributed by atoms with van der Waals surface area (Å²) in [5, 5.41) is 15.1. The van der Waals surface area contributed by atoms with E-state index in [0.717, 1.165) is 11.1 Å². The van der Waals surface area contributed by atoms with Crippen molar-refractivity contribution in [3.8, 4) is 17.6 Å². The molecule has 7 nitrogen and oxygen atoms in total. The Morgan fingerprint density at radius 3 is 2.46 bits per heavy atom. The highest BCUT2D eigenvalue weighted by Crippen LogP contribution is 2.37. The second-order valence-electron chi connectivity index (χ2n) is 7.68. The maximum absolute atomic E-state index is 12.5. The number of nitrogens with one attached hydrogen (secondary N) is 2. The highest BCUT2D eigenvalue weighted by molar-refractivity contribution is 6.32. The number of carbonyl (C=O) groups excluding carboxylic acids is 2. The van der Waals surface area contributed by atoms with Crippen LogP contribution in [-0.2, 0) is 9.59 Å². The average Bonchev–Trinajstić information content (AvgIpc) is 2.83. The summed E-state index contributed by atoms with van der Waals surface area (Å²) in [6.07, 6.45) is 1.39.